The Balaban J connectivity index is 3.59. The minimum Gasteiger partial charge on any atom is -0.359 e. The fourth-order valence-corrected chi connectivity index (χ4v) is 1.53. The Morgan fingerprint density at radius 3 is 2.53 bits per heavy atom. The van der Waals surface area contributed by atoms with Gasteiger partial charge in [0, 0.05) is 19.5 Å². The largest absolute Gasteiger partial charge is 0.359 e. The van der Waals surface area contributed by atoms with Crippen LogP contribution in [0.3, 0.4) is 0 Å². The van der Waals surface area contributed by atoms with Crippen molar-refractivity contribution in [3.05, 3.63) is 0 Å². The lowest BCUT2D eigenvalue weighted by Gasteiger charge is -2.23. The number of unbranched alkanes of at least 4 members (excludes halogenated alkanes) is 3. The molecule has 0 aromatic carbocycles. The molecular formula is C12H26N2O. The number of carbonyl (C=O) groups excluding carboxylic acids is 1. The average Bonchev–Trinajstić information content (AvgIpc) is 2.23. The maximum Gasteiger partial charge on any atom is 0.221 e. The molecule has 1 unspecified atom stereocenters. The number of hydrogen-bond acceptors (Lipinski definition) is 2. The van der Waals surface area contributed by atoms with Crippen molar-refractivity contribution in [1.29, 1.82) is 0 Å². The zero-order valence-electron chi connectivity index (χ0n) is 10.7. The second-order valence-electron chi connectivity index (χ2n) is 4.27. The van der Waals surface area contributed by atoms with Gasteiger partial charge in [-0.2, -0.15) is 0 Å². The van der Waals surface area contributed by atoms with Crippen molar-refractivity contribution in [2.45, 2.75) is 52.0 Å². The molecule has 15 heavy (non-hydrogen) atoms. The molecule has 1 atom stereocenters. The average molecular weight is 214 g/mol. The Hall–Kier alpha value is -0.570. The van der Waals surface area contributed by atoms with Crippen LogP contribution >= 0.6 is 0 Å². The Bertz CT molecular complexity index is 171. The van der Waals surface area contributed by atoms with Gasteiger partial charge in [-0.1, -0.05) is 26.2 Å². The van der Waals surface area contributed by atoms with Crippen LogP contribution in [0.2, 0.25) is 0 Å². The van der Waals surface area contributed by atoms with Crippen LogP contribution in [-0.2, 0) is 4.79 Å². The van der Waals surface area contributed by atoms with Crippen molar-refractivity contribution < 1.29 is 4.79 Å². The van der Waals surface area contributed by atoms with E-state index in [4.69, 9.17) is 0 Å². The molecular weight excluding hydrogens is 188 g/mol. The highest BCUT2D eigenvalue weighted by atomic mass is 16.1. The third kappa shape index (κ3) is 7.37. The van der Waals surface area contributed by atoms with Gasteiger partial charge in [0.15, 0.2) is 0 Å². The molecule has 0 fully saturated rings. The standard InChI is InChI=1S/C12H26N2O/c1-5-6-7-8-9-14(4)11(2)10-12(15)13-3/h11H,5-10H2,1-4H3,(H,13,15). The maximum atomic E-state index is 11.2. The van der Waals surface area contributed by atoms with E-state index in [1.807, 2.05) is 0 Å². The van der Waals surface area contributed by atoms with Gasteiger partial charge in [-0.25, -0.2) is 0 Å². The van der Waals surface area contributed by atoms with Crippen molar-refractivity contribution in [1.82, 2.24) is 10.2 Å². The van der Waals surface area contributed by atoms with Gasteiger partial charge in [0.05, 0.1) is 0 Å². The number of carbonyl (C=O) groups is 1. The summed E-state index contributed by atoms with van der Waals surface area (Å²) >= 11 is 0. The molecule has 0 saturated heterocycles. The molecule has 1 amide bonds. The highest BCUT2D eigenvalue weighted by Gasteiger charge is 2.11. The van der Waals surface area contributed by atoms with Crippen LogP contribution < -0.4 is 5.32 Å². The summed E-state index contributed by atoms with van der Waals surface area (Å²) in [5.74, 6) is 0.128. The Morgan fingerprint density at radius 2 is 2.00 bits per heavy atom. The van der Waals surface area contributed by atoms with Crippen LogP contribution in [0, 0.1) is 0 Å². The molecule has 0 bridgehead atoms. The minimum atomic E-state index is 0.128. The summed E-state index contributed by atoms with van der Waals surface area (Å²) in [6, 6.07) is 0.339. The van der Waals surface area contributed by atoms with E-state index in [1.165, 1.54) is 25.7 Å². The summed E-state index contributed by atoms with van der Waals surface area (Å²) in [6.07, 6.45) is 5.73. The van der Waals surface area contributed by atoms with Crippen molar-refractivity contribution in [3.8, 4) is 0 Å². The van der Waals surface area contributed by atoms with Crippen LogP contribution in [0.4, 0.5) is 0 Å². The summed E-state index contributed by atoms with van der Waals surface area (Å²) in [5.41, 5.74) is 0. The topological polar surface area (TPSA) is 32.3 Å². The zero-order chi connectivity index (χ0) is 11.7. The van der Waals surface area contributed by atoms with Gasteiger partial charge >= 0.3 is 0 Å². The first-order chi connectivity index (χ1) is 7.11. The molecule has 0 aromatic heterocycles. The molecule has 0 saturated carbocycles. The van der Waals surface area contributed by atoms with Crippen LogP contribution in [-0.4, -0.2) is 37.5 Å². The van der Waals surface area contributed by atoms with E-state index >= 15 is 0 Å². The lowest BCUT2D eigenvalue weighted by Crippen LogP contribution is -2.34. The van der Waals surface area contributed by atoms with E-state index in [9.17, 15) is 4.79 Å². The van der Waals surface area contributed by atoms with Gasteiger partial charge in [0.1, 0.15) is 0 Å². The Kier molecular flexibility index (Phi) is 8.38. The van der Waals surface area contributed by atoms with Crippen molar-refractivity contribution >= 4 is 5.91 Å². The van der Waals surface area contributed by atoms with Gasteiger partial charge in [0.2, 0.25) is 5.91 Å². The number of nitrogens with one attached hydrogen (secondary N) is 1. The second kappa shape index (κ2) is 8.72. The molecule has 0 spiro atoms. The summed E-state index contributed by atoms with van der Waals surface area (Å²) in [7, 11) is 3.79. The molecule has 0 aliphatic rings. The van der Waals surface area contributed by atoms with Crippen LogP contribution in [0.5, 0.6) is 0 Å². The highest BCUT2D eigenvalue weighted by Crippen LogP contribution is 2.05. The van der Waals surface area contributed by atoms with E-state index in [-0.39, 0.29) is 5.91 Å². The lowest BCUT2D eigenvalue weighted by molar-refractivity contribution is -0.121. The van der Waals surface area contributed by atoms with Gasteiger partial charge in [-0.15, -0.1) is 0 Å². The quantitative estimate of drug-likeness (QED) is 0.627. The fraction of sp³-hybridized carbons (Fsp3) is 0.917. The van der Waals surface area contributed by atoms with E-state index in [2.05, 4.69) is 31.1 Å². The smallest absolute Gasteiger partial charge is 0.221 e. The second-order valence-corrected chi connectivity index (χ2v) is 4.27. The molecule has 0 aliphatic carbocycles. The number of hydrogen-bond donors (Lipinski definition) is 1. The fourth-order valence-electron chi connectivity index (χ4n) is 1.53. The van der Waals surface area contributed by atoms with E-state index in [0.29, 0.717) is 12.5 Å². The first kappa shape index (κ1) is 14.4. The molecule has 0 heterocycles. The summed E-state index contributed by atoms with van der Waals surface area (Å²) in [5, 5.41) is 2.66. The molecule has 0 radical (unpaired) electrons. The molecule has 1 N–H and O–H groups in total. The minimum absolute atomic E-state index is 0.128. The van der Waals surface area contributed by atoms with Crippen molar-refractivity contribution in [2.75, 3.05) is 20.6 Å². The van der Waals surface area contributed by atoms with Crippen molar-refractivity contribution in [3.63, 3.8) is 0 Å². The van der Waals surface area contributed by atoms with Crippen LogP contribution in [0.25, 0.3) is 0 Å². The maximum absolute atomic E-state index is 11.2. The third-order valence-corrected chi connectivity index (χ3v) is 2.88. The third-order valence-electron chi connectivity index (χ3n) is 2.88. The van der Waals surface area contributed by atoms with Crippen molar-refractivity contribution in [2.24, 2.45) is 0 Å². The number of amides is 1. The Morgan fingerprint density at radius 1 is 1.33 bits per heavy atom. The molecule has 0 aliphatic heterocycles. The van der Waals surface area contributed by atoms with E-state index in [1.54, 1.807) is 7.05 Å². The summed E-state index contributed by atoms with van der Waals surface area (Å²) in [4.78, 5) is 13.4. The predicted octanol–water partition coefficient (Wildman–Crippen LogP) is 2.02. The molecule has 3 nitrogen and oxygen atoms in total. The van der Waals surface area contributed by atoms with Gasteiger partial charge in [-0.3, -0.25) is 4.79 Å². The zero-order valence-corrected chi connectivity index (χ0v) is 10.7. The van der Waals surface area contributed by atoms with Gasteiger partial charge in [0.25, 0.3) is 0 Å². The predicted molar refractivity (Wildman–Crippen MR) is 64.9 cm³/mol. The van der Waals surface area contributed by atoms with Crippen LogP contribution in [0.15, 0.2) is 0 Å². The SMILES string of the molecule is CCCCCCN(C)C(C)CC(=O)NC. The van der Waals surface area contributed by atoms with Crippen LogP contribution in [0.1, 0.15) is 46.0 Å². The number of rotatable bonds is 8. The van der Waals surface area contributed by atoms with E-state index in [0.717, 1.165) is 6.54 Å². The molecule has 90 valence electrons. The first-order valence-electron chi connectivity index (χ1n) is 6.02. The highest BCUT2D eigenvalue weighted by molar-refractivity contribution is 5.76. The molecule has 0 aromatic rings. The monoisotopic (exact) mass is 214 g/mol. The molecule has 0 rings (SSSR count). The van der Waals surface area contributed by atoms with Gasteiger partial charge in [-0.05, 0) is 26.9 Å². The first-order valence-corrected chi connectivity index (χ1v) is 6.02. The lowest BCUT2D eigenvalue weighted by atomic mass is 10.1. The van der Waals surface area contributed by atoms with E-state index < -0.39 is 0 Å². The Labute approximate surface area is 94.2 Å². The molecule has 3 heteroatoms. The summed E-state index contributed by atoms with van der Waals surface area (Å²) in [6.45, 7) is 5.42. The normalized spacial score (nSPS) is 12.9. The summed E-state index contributed by atoms with van der Waals surface area (Å²) < 4.78 is 0. The number of nitrogens with zero attached hydrogens (tertiary/aromatic N) is 1. The van der Waals surface area contributed by atoms with Gasteiger partial charge < -0.3 is 10.2 Å².